The summed E-state index contributed by atoms with van der Waals surface area (Å²) in [5.74, 6) is -0.00889. The van der Waals surface area contributed by atoms with Crippen molar-refractivity contribution >= 4 is 5.69 Å². The summed E-state index contributed by atoms with van der Waals surface area (Å²) in [6, 6.07) is 7.18. The van der Waals surface area contributed by atoms with Gasteiger partial charge in [-0.05, 0) is 30.7 Å². The molecule has 5 heteroatoms. The van der Waals surface area contributed by atoms with Crippen molar-refractivity contribution in [1.29, 1.82) is 0 Å². The number of halogens is 1. The minimum atomic E-state index is -0.502. The van der Waals surface area contributed by atoms with E-state index >= 15 is 0 Å². The molecule has 1 aromatic heterocycles. The molecule has 0 fully saturated rings. The van der Waals surface area contributed by atoms with Crippen molar-refractivity contribution in [2.45, 2.75) is 13.3 Å². The fraction of sp³-hybridized carbons (Fsp3) is 0.231. The van der Waals surface area contributed by atoms with E-state index in [1.165, 1.54) is 6.33 Å². The zero-order chi connectivity index (χ0) is 13.0. The normalized spacial score (nSPS) is 10.2. The topological polar surface area (TPSA) is 47.0 Å². The summed E-state index contributed by atoms with van der Waals surface area (Å²) in [5, 5.41) is 2.99. The van der Waals surface area contributed by atoms with E-state index in [4.69, 9.17) is 4.74 Å². The van der Waals surface area contributed by atoms with Crippen molar-refractivity contribution in [1.82, 2.24) is 9.97 Å². The van der Waals surface area contributed by atoms with Gasteiger partial charge in [0, 0.05) is 12.7 Å². The molecule has 0 aliphatic carbocycles. The highest BCUT2D eigenvalue weighted by molar-refractivity contribution is 5.46. The summed E-state index contributed by atoms with van der Waals surface area (Å²) < 4.78 is 19.2. The number of rotatable bonds is 4. The lowest BCUT2D eigenvalue weighted by Gasteiger charge is -2.07. The second-order valence-electron chi connectivity index (χ2n) is 3.67. The summed E-state index contributed by atoms with van der Waals surface area (Å²) in [6.07, 6.45) is 1.81. The van der Waals surface area contributed by atoms with Gasteiger partial charge in [0.1, 0.15) is 12.1 Å². The Labute approximate surface area is 105 Å². The lowest BCUT2D eigenvalue weighted by Crippen LogP contribution is -1.99. The van der Waals surface area contributed by atoms with Crippen LogP contribution in [0.3, 0.4) is 0 Å². The van der Waals surface area contributed by atoms with Crippen molar-refractivity contribution < 1.29 is 9.13 Å². The number of ether oxygens (including phenoxy) is 1. The van der Waals surface area contributed by atoms with Crippen molar-refractivity contribution in [2.75, 3.05) is 12.4 Å². The Morgan fingerprint density at radius 2 is 1.94 bits per heavy atom. The minimum Gasteiger partial charge on any atom is -0.436 e. The molecular weight excluding hydrogens is 233 g/mol. The summed E-state index contributed by atoms with van der Waals surface area (Å²) in [4.78, 5) is 7.65. The van der Waals surface area contributed by atoms with Gasteiger partial charge in [0.25, 0.3) is 5.88 Å². The van der Waals surface area contributed by atoms with Crippen LogP contribution < -0.4 is 10.1 Å². The van der Waals surface area contributed by atoms with Crippen molar-refractivity contribution in [3.05, 3.63) is 42.1 Å². The molecule has 94 valence electrons. The lowest BCUT2D eigenvalue weighted by molar-refractivity contribution is 0.415. The number of nitrogens with one attached hydrogen (secondary N) is 1. The first-order valence-corrected chi connectivity index (χ1v) is 5.69. The van der Waals surface area contributed by atoms with Gasteiger partial charge in [-0.3, -0.25) is 0 Å². The summed E-state index contributed by atoms with van der Waals surface area (Å²) >= 11 is 0. The third-order valence-electron chi connectivity index (χ3n) is 2.52. The van der Waals surface area contributed by atoms with Crippen LogP contribution in [0, 0.1) is 5.82 Å². The molecule has 0 spiro atoms. The fourth-order valence-electron chi connectivity index (χ4n) is 1.51. The van der Waals surface area contributed by atoms with E-state index in [0.717, 1.165) is 5.69 Å². The molecule has 0 aliphatic rings. The van der Waals surface area contributed by atoms with Crippen molar-refractivity contribution in [2.24, 2.45) is 0 Å². The van der Waals surface area contributed by atoms with E-state index in [-0.39, 0.29) is 5.88 Å². The Hall–Kier alpha value is -2.17. The largest absolute Gasteiger partial charge is 0.436 e. The van der Waals surface area contributed by atoms with Crippen LogP contribution in [0.15, 0.2) is 30.6 Å². The van der Waals surface area contributed by atoms with Crippen molar-refractivity contribution in [3.63, 3.8) is 0 Å². The van der Waals surface area contributed by atoms with Gasteiger partial charge in [-0.2, -0.15) is 9.37 Å². The van der Waals surface area contributed by atoms with Crippen LogP contribution in [0.25, 0.3) is 0 Å². The maximum Gasteiger partial charge on any atom is 0.259 e. The first kappa shape index (κ1) is 12.3. The lowest BCUT2D eigenvalue weighted by atomic mass is 10.3. The molecule has 1 N–H and O–H groups in total. The smallest absolute Gasteiger partial charge is 0.259 e. The zero-order valence-corrected chi connectivity index (χ0v) is 10.3. The number of nitrogens with zero attached hydrogens (tertiary/aromatic N) is 2. The molecule has 0 unspecified atom stereocenters. The van der Waals surface area contributed by atoms with Gasteiger partial charge in [-0.25, -0.2) is 4.98 Å². The Morgan fingerprint density at radius 3 is 2.56 bits per heavy atom. The summed E-state index contributed by atoms with van der Waals surface area (Å²) in [7, 11) is 1.83. The van der Waals surface area contributed by atoms with E-state index in [2.05, 4.69) is 15.3 Å². The Bertz CT molecular complexity index is 528. The summed E-state index contributed by atoms with van der Waals surface area (Å²) in [5.41, 5.74) is 1.31. The standard InChI is InChI=1S/C13H14FN3O/c1-3-11-12(14)13(17-8-16-11)18-10-6-4-9(15-2)5-7-10/h4-8,15H,3H2,1-2H3. The third-order valence-corrected chi connectivity index (χ3v) is 2.52. The number of anilines is 1. The molecule has 0 amide bonds. The fourth-order valence-corrected chi connectivity index (χ4v) is 1.51. The van der Waals surface area contributed by atoms with E-state index < -0.39 is 5.82 Å². The van der Waals surface area contributed by atoms with Gasteiger partial charge in [-0.15, -0.1) is 0 Å². The van der Waals surface area contributed by atoms with Crippen LogP contribution in [0.5, 0.6) is 11.6 Å². The van der Waals surface area contributed by atoms with E-state index in [9.17, 15) is 4.39 Å². The van der Waals surface area contributed by atoms with E-state index in [1.807, 2.05) is 26.1 Å². The molecule has 0 saturated carbocycles. The van der Waals surface area contributed by atoms with Crippen molar-refractivity contribution in [3.8, 4) is 11.6 Å². The SMILES string of the molecule is CCc1ncnc(Oc2ccc(NC)cc2)c1F. The molecular formula is C13H14FN3O. The predicted octanol–water partition coefficient (Wildman–Crippen LogP) is 3.01. The second-order valence-corrected chi connectivity index (χ2v) is 3.67. The van der Waals surface area contributed by atoms with Crippen LogP contribution >= 0.6 is 0 Å². The highest BCUT2D eigenvalue weighted by atomic mass is 19.1. The molecule has 1 heterocycles. The number of aryl methyl sites for hydroxylation is 1. The van der Waals surface area contributed by atoms with Gasteiger partial charge < -0.3 is 10.1 Å². The van der Waals surface area contributed by atoms with Gasteiger partial charge in [0.05, 0.1) is 5.69 Å². The summed E-state index contributed by atoms with van der Waals surface area (Å²) in [6.45, 7) is 1.83. The average Bonchev–Trinajstić information content (AvgIpc) is 2.42. The third kappa shape index (κ3) is 2.56. The first-order chi connectivity index (χ1) is 8.74. The molecule has 4 nitrogen and oxygen atoms in total. The highest BCUT2D eigenvalue weighted by Gasteiger charge is 2.11. The molecule has 0 atom stereocenters. The molecule has 18 heavy (non-hydrogen) atoms. The highest BCUT2D eigenvalue weighted by Crippen LogP contribution is 2.24. The number of hydrogen-bond donors (Lipinski definition) is 1. The number of hydrogen-bond acceptors (Lipinski definition) is 4. The van der Waals surface area contributed by atoms with Crippen LogP contribution in [0.2, 0.25) is 0 Å². The Balaban J connectivity index is 2.22. The Kier molecular flexibility index (Phi) is 3.72. The number of benzene rings is 1. The van der Waals surface area contributed by atoms with Gasteiger partial charge in [0.2, 0.25) is 5.82 Å². The van der Waals surface area contributed by atoms with Gasteiger partial charge >= 0.3 is 0 Å². The van der Waals surface area contributed by atoms with Crippen LogP contribution in [-0.2, 0) is 6.42 Å². The van der Waals surface area contributed by atoms with Gasteiger partial charge in [0.15, 0.2) is 0 Å². The second kappa shape index (κ2) is 5.44. The molecule has 0 bridgehead atoms. The van der Waals surface area contributed by atoms with Crippen LogP contribution in [-0.4, -0.2) is 17.0 Å². The van der Waals surface area contributed by atoms with Gasteiger partial charge in [-0.1, -0.05) is 6.92 Å². The first-order valence-electron chi connectivity index (χ1n) is 5.69. The average molecular weight is 247 g/mol. The predicted molar refractivity (Wildman–Crippen MR) is 67.4 cm³/mol. The molecule has 0 aliphatic heterocycles. The number of aromatic nitrogens is 2. The maximum atomic E-state index is 13.8. The van der Waals surface area contributed by atoms with Crippen LogP contribution in [0.1, 0.15) is 12.6 Å². The zero-order valence-electron chi connectivity index (χ0n) is 10.3. The minimum absolute atomic E-state index is 0.0425. The van der Waals surface area contributed by atoms with E-state index in [1.54, 1.807) is 12.1 Å². The quantitative estimate of drug-likeness (QED) is 0.902. The Morgan fingerprint density at radius 1 is 1.22 bits per heavy atom. The molecule has 2 rings (SSSR count). The van der Waals surface area contributed by atoms with Crippen LogP contribution in [0.4, 0.5) is 10.1 Å². The monoisotopic (exact) mass is 247 g/mol. The molecule has 2 aromatic rings. The molecule has 0 saturated heterocycles. The maximum absolute atomic E-state index is 13.8. The molecule has 0 radical (unpaired) electrons. The van der Waals surface area contributed by atoms with E-state index in [0.29, 0.717) is 17.9 Å². The molecule has 1 aromatic carbocycles.